The Morgan fingerprint density at radius 1 is 1.26 bits per heavy atom. The first-order valence-corrected chi connectivity index (χ1v) is 7.97. The van der Waals surface area contributed by atoms with Crippen molar-refractivity contribution >= 4 is 11.7 Å². The lowest BCUT2D eigenvalue weighted by Gasteiger charge is -2.17. The first kappa shape index (κ1) is 16.9. The molecule has 0 bridgehead atoms. The third-order valence-electron chi connectivity index (χ3n) is 3.64. The number of amides is 1. The molecule has 0 unspecified atom stereocenters. The van der Waals surface area contributed by atoms with E-state index in [1.54, 1.807) is 6.20 Å². The fourth-order valence-corrected chi connectivity index (χ4v) is 2.24. The van der Waals surface area contributed by atoms with Crippen molar-refractivity contribution < 1.29 is 4.79 Å². The average molecular weight is 312 g/mol. The molecule has 0 aliphatic heterocycles. The van der Waals surface area contributed by atoms with Gasteiger partial charge < -0.3 is 10.2 Å². The maximum absolute atomic E-state index is 12.1. The van der Waals surface area contributed by atoms with E-state index < -0.39 is 0 Å². The Bertz CT molecular complexity index is 640. The van der Waals surface area contributed by atoms with Crippen molar-refractivity contribution in [2.45, 2.75) is 33.2 Å². The van der Waals surface area contributed by atoms with Gasteiger partial charge in [0.15, 0.2) is 0 Å². The van der Waals surface area contributed by atoms with Crippen molar-refractivity contribution in [3.63, 3.8) is 0 Å². The van der Waals surface area contributed by atoms with E-state index in [2.05, 4.69) is 28.3 Å². The maximum atomic E-state index is 12.1. The first-order valence-electron chi connectivity index (χ1n) is 7.97. The second-order valence-electron chi connectivity index (χ2n) is 5.71. The summed E-state index contributed by atoms with van der Waals surface area (Å²) in [4.78, 5) is 22.7. The number of hydrogen-bond donors (Lipinski definition) is 1. The summed E-state index contributed by atoms with van der Waals surface area (Å²) in [6.45, 7) is 5.61. The average Bonchev–Trinajstić information content (AvgIpc) is 2.57. The Balaban J connectivity index is 1.92. The molecule has 5 heteroatoms. The molecule has 0 fully saturated rings. The van der Waals surface area contributed by atoms with Crippen molar-refractivity contribution in [1.82, 2.24) is 15.3 Å². The Labute approximate surface area is 137 Å². The lowest BCUT2D eigenvalue weighted by Crippen LogP contribution is -2.25. The van der Waals surface area contributed by atoms with Gasteiger partial charge in [-0.05, 0) is 18.9 Å². The van der Waals surface area contributed by atoms with E-state index in [0.29, 0.717) is 12.2 Å². The Morgan fingerprint density at radius 3 is 2.74 bits per heavy atom. The fourth-order valence-electron chi connectivity index (χ4n) is 2.24. The lowest BCUT2D eigenvalue weighted by atomic mass is 10.1. The second-order valence-corrected chi connectivity index (χ2v) is 5.71. The minimum atomic E-state index is -0.207. The number of carbonyl (C=O) groups excluding carboxylic acids is 1. The number of unbranched alkanes of at least 4 members (excludes halogenated alkanes) is 1. The fraction of sp³-hybridized carbons (Fsp3) is 0.389. The van der Waals surface area contributed by atoms with Crippen LogP contribution in [0.25, 0.3) is 0 Å². The molecule has 0 radical (unpaired) electrons. The topological polar surface area (TPSA) is 58.1 Å². The molecular formula is C18H24N4O. The summed E-state index contributed by atoms with van der Waals surface area (Å²) < 4.78 is 0. The highest BCUT2D eigenvalue weighted by atomic mass is 16.1. The number of hydrogen-bond acceptors (Lipinski definition) is 4. The van der Waals surface area contributed by atoms with Crippen LogP contribution in [-0.2, 0) is 6.54 Å². The maximum Gasteiger partial charge on any atom is 0.271 e. The van der Waals surface area contributed by atoms with Gasteiger partial charge in [0.1, 0.15) is 11.5 Å². The highest BCUT2D eigenvalue weighted by molar-refractivity contribution is 5.91. The second kappa shape index (κ2) is 8.27. The van der Waals surface area contributed by atoms with Gasteiger partial charge >= 0.3 is 0 Å². The van der Waals surface area contributed by atoms with Crippen LogP contribution in [0.3, 0.4) is 0 Å². The van der Waals surface area contributed by atoms with Crippen LogP contribution in [0.15, 0.2) is 36.7 Å². The predicted molar refractivity (Wildman–Crippen MR) is 92.6 cm³/mol. The van der Waals surface area contributed by atoms with Gasteiger partial charge in [-0.3, -0.25) is 4.79 Å². The molecule has 1 aromatic carbocycles. The molecule has 0 saturated carbocycles. The minimum absolute atomic E-state index is 0.207. The van der Waals surface area contributed by atoms with Gasteiger partial charge in [0, 0.05) is 20.1 Å². The molecule has 1 heterocycles. The SMILES string of the molecule is CCCCN(C)c1cnc(C(=O)NCc2cccc(C)c2)cn1. The van der Waals surface area contributed by atoms with E-state index in [9.17, 15) is 4.79 Å². The summed E-state index contributed by atoms with van der Waals surface area (Å²) in [6.07, 6.45) is 5.43. The van der Waals surface area contributed by atoms with E-state index in [0.717, 1.165) is 30.8 Å². The standard InChI is InChI=1S/C18H24N4O/c1-4-5-9-22(3)17-13-19-16(12-20-17)18(23)21-11-15-8-6-7-14(2)10-15/h6-8,10,12-13H,4-5,9,11H2,1-3H3,(H,21,23). The van der Waals surface area contributed by atoms with Crippen LogP contribution in [0.4, 0.5) is 5.82 Å². The largest absolute Gasteiger partial charge is 0.358 e. The van der Waals surface area contributed by atoms with Gasteiger partial charge in [-0.2, -0.15) is 0 Å². The highest BCUT2D eigenvalue weighted by Crippen LogP contribution is 2.08. The molecular weight excluding hydrogens is 288 g/mol. The number of carbonyl (C=O) groups is 1. The highest BCUT2D eigenvalue weighted by Gasteiger charge is 2.09. The molecule has 122 valence electrons. The van der Waals surface area contributed by atoms with Crippen LogP contribution < -0.4 is 10.2 Å². The summed E-state index contributed by atoms with van der Waals surface area (Å²) >= 11 is 0. The third kappa shape index (κ3) is 5.06. The van der Waals surface area contributed by atoms with Gasteiger partial charge in [-0.15, -0.1) is 0 Å². The zero-order chi connectivity index (χ0) is 16.7. The number of nitrogens with zero attached hydrogens (tertiary/aromatic N) is 3. The van der Waals surface area contributed by atoms with Crippen LogP contribution in [0.5, 0.6) is 0 Å². The smallest absolute Gasteiger partial charge is 0.271 e. The summed E-state index contributed by atoms with van der Waals surface area (Å²) in [5.74, 6) is 0.579. The third-order valence-corrected chi connectivity index (χ3v) is 3.64. The van der Waals surface area contributed by atoms with E-state index in [1.807, 2.05) is 37.1 Å². The molecule has 5 nitrogen and oxygen atoms in total. The number of aromatic nitrogens is 2. The molecule has 0 atom stereocenters. The van der Waals surface area contributed by atoms with Crippen LogP contribution in [-0.4, -0.2) is 29.5 Å². The van der Waals surface area contributed by atoms with E-state index in [4.69, 9.17) is 0 Å². The van der Waals surface area contributed by atoms with Crippen molar-refractivity contribution in [2.24, 2.45) is 0 Å². The molecule has 0 saturated heterocycles. The van der Waals surface area contributed by atoms with Gasteiger partial charge in [-0.25, -0.2) is 9.97 Å². The quantitative estimate of drug-likeness (QED) is 0.854. The Kier molecular flexibility index (Phi) is 6.09. The van der Waals surface area contributed by atoms with E-state index in [-0.39, 0.29) is 5.91 Å². The molecule has 1 N–H and O–H groups in total. The lowest BCUT2D eigenvalue weighted by molar-refractivity contribution is 0.0945. The predicted octanol–water partition coefficient (Wildman–Crippen LogP) is 2.95. The zero-order valence-corrected chi connectivity index (χ0v) is 14.0. The molecule has 0 aliphatic rings. The number of aryl methyl sites for hydroxylation is 1. The number of benzene rings is 1. The molecule has 2 aromatic rings. The molecule has 1 amide bonds. The molecule has 2 rings (SSSR count). The van der Waals surface area contributed by atoms with Gasteiger partial charge in [0.2, 0.25) is 0 Å². The minimum Gasteiger partial charge on any atom is -0.358 e. The van der Waals surface area contributed by atoms with Crippen molar-refractivity contribution in [2.75, 3.05) is 18.5 Å². The van der Waals surface area contributed by atoms with Crippen LogP contribution in [0.2, 0.25) is 0 Å². The monoisotopic (exact) mass is 312 g/mol. The van der Waals surface area contributed by atoms with Gasteiger partial charge in [0.25, 0.3) is 5.91 Å². The summed E-state index contributed by atoms with van der Waals surface area (Å²) in [5.41, 5.74) is 2.59. The van der Waals surface area contributed by atoms with Crippen LogP contribution in [0.1, 0.15) is 41.4 Å². The number of anilines is 1. The van der Waals surface area contributed by atoms with E-state index >= 15 is 0 Å². The molecule has 23 heavy (non-hydrogen) atoms. The number of rotatable bonds is 7. The Morgan fingerprint density at radius 2 is 2.09 bits per heavy atom. The van der Waals surface area contributed by atoms with Crippen molar-refractivity contribution in [3.8, 4) is 0 Å². The number of nitrogens with one attached hydrogen (secondary N) is 1. The van der Waals surface area contributed by atoms with Crippen molar-refractivity contribution in [3.05, 3.63) is 53.5 Å². The summed E-state index contributed by atoms with van der Waals surface area (Å²) in [7, 11) is 1.98. The normalized spacial score (nSPS) is 10.4. The first-order chi connectivity index (χ1) is 11.1. The van der Waals surface area contributed by atoms with Crippen LogP contribution in [0, 0.1) is 6.92 Å². The molecule has 0 spiro atoms. The van der Waals surface area contributed by atoms with Gasteiger partial charge in [-0.1, -0.05) is 43.2 Å². The summed E-state index contributed by atoms with van der Waals surface area (Å²) in [6, 6.07) is 8.06. The van der Waals surface area contributed by atoms with E-state index in [1.165, 1.54) is 11.8 Å². The van der Waals surface area contributed by atoms with Crippen LogP contribution >= 0.6 is 0 Å². The summed E-state index contributed by atoms with van der Waals surface area (Å²) in [5, 5.41) is 2.87. The van der Waals surface area contributed by atoms with Gasteiger partial charge in [0.05, 0.1) is 12.4 Å². The Hall–Kier alpha value is -2.43. The molecule has 1 aromatic heterocycles. The zero-order valence-electron chi connectivity index (χ0n) is 14.0. The molecule has 0 aliphatic carbocycles. The van der Waals surface area contributed by atoms with Crippen molar-refractivity contribution in [1.29, 1.82) is 0 Å².